The van der Waals surface area contributed by atoms with E-state index in [1.54, 1.807) is 0 Å². The van der Waals surface area contributed by atoms with E-state index >= 15 is 0 Å². The van der Waals surface area contributed by atoms with Crippen LogP contribution in [-0.4, -0.2) is 23.5 Å². The number of furan rings is 1. The highest BCUT2D eigenvalue weighted by Crippen LogP contribution is 2.11. The molecule has 0 radical (unpaired) electrons. The van der Waals surface area contributed by atoms with Crippen molar-refractivity contribution in [1.29, 1.82) is 0 Å². The molecule has 0 spiro atoms. The first kappa shape index (κ1) is 15.7. The minimum Gasteiger partial charge on any atom is -0.468 e. The number of hydrogen-bond acceptors (Lipinski definition) is 4. The molecule has 0 saturated heterocycles. The number of nitrogens with one attached hydrogen (secondary N) is 1. The van der Waals surface area contributed by atoms with E-state index in [2.05, 4.69) is 47.4 Å². The maximum Gasteiger partial charge on any atom is 0.118 e. The molecule has 2 heterocycles. The summed E-state index contributed by atoms with van der Waals surface area (Å²) in [7, 11) is 2.08. The van der Waals surface area contributed by atoms with Gasteiger partial charge in [0.05, 0.1) is 18.5 Å². The monoisotopic (exact) mass is 287 g/mol. The predicted molar refractivity (Wildman–Crippen MR) is 84.9 cm³/mol. The summed E-state index contributed by atoms with van der Waals surface area (Å²) >= 11 is 0. The fourth-order valence-corrected chi connectivity index (χ4v) is 2.30. The minimum atomic E-state index is 0.795. The molecule has 2 aromatic rings. The Morgan fingerprint density at radius 1 is 1.29 bits per heavy atom. The van der Waals surface area contributed by atoms with E-state index in [1.165, 1.54) is 5.56 Å². The summed E-state index contributed by atoms with van der Waals surface area (Å²) in [6, 6.07) is 8.26. The van der Waals surface area contributed by atoms with Crippen molar-refractivity contribution in [2.24, 2.45) is 0 Å². The number of hydrogen-bond donors (Lipinski definition) is 1. The van der Waals surface area contributed by atoms with E-state index in [0.717, 1.165) is 49.7 Å². The molecule has 4 nitrogen and oxygen atoms in total. The van der Waals surface area contributed by atoms with Crippen LogP contribution >= 0.6 is 0 Å². The summed E-state index contributed by atoms with van der Waals surface area (Å²) in [6.07, 6.45) is 2.99. The lowest BCUT2D eigenvalue weighted by Gasteiger charge is -2.14. The Morgan fingerprint density at radius 2 is 2.14 bits per heavy atom. The van der Waals surface area contributed by atoms with Gasteiger partial charge in [0.25, 0.3) is 0 Å². The lowest BCUT2D eigenvalue weighted by molar-refractivity contribution is 0.284. The summed E-state index contributed by atoms with van der Waals surface area (Å²) in [5, 5.41) is 3.38. The zero-order chi connectivity index (χ0) is 15.1. The second-order valence-corrected chi connectivity index (χ2v) is 5.54. The number of rotatable bonds is 8. The van der Waals surface area contributed by atoms with Gasteiger partial charge < -0.3 is 9.73 Å². The van der Waals surface area contributed by atoms with E-state index < -0.39 is 0 Å². The number of nitrogens with zero attached hydrogens (tertiary/aromatic N) is 2. The molecule has 0 atom stereocenters. The highest BCUT2D eigenvalue weighted by molar-refractivity contribution is 5.13. The second kappa shape index (κ2) is 7.96. The molecular formula is C17H25N3O. The van der Waals surface area contributed by atoms with Gasteiger partial charge in [-0.25, -0.2) is 0 Å². The normalized spacial score (nSPS) is 11.2. The van der Waals surface area contributed by atoms with Crippen molar-refractivity contribution in [3.63, 3.8) is 0 Å². The number of aromatic nitrogens is 1. The van der Waals surface area contributed by atoms with Gasteiger partial charge in [0.15, 0.2) is 0 Å². The smallest absolute Gasteiger partial charge is 0.118 e. The maximum atomic E-state index is 5.63. The van der Waals surface area contributed by atoms with Crippen molar-refractivity contribution in [3.05, 3.63) is 53.2 Å². The molecule has 0 bridgehead atoms. The summed E-state index contributed by atoms with van der Waals surface area (Å²) < 4.78 is 5.63. The van der Waals surface area contributed by atoms with Crippen molar-refractivity contribution in [2.75, 3.05) is 13.6 Å². The molecule has 0 fully saturated rings. The van der Waals surface area contributed by atoms with Gasteiger partial charge in [-0.3, -0.25) is 9.88 Å². The molecule has 2 aromatic heterocycles. The molecule has 0 amide bonds. The first-order valence-electron chi connectivity index (χ1n) is 7.55. The van der Waals surface area contributed by atoms with E-state index in [4.69, 9.17) is 4.42 Å². The first-order chi connectivity index (χ1) is 10.2. The van der Waals surface area contributed by atoms with Crippen LogP contribution in [0, 0.1) is 6.92 Å². The summed E-state index contributed by atoms with van der Waals surface area (Å²) in [5.41, 5.74) is 3.36. The fourth-order valence-electron chi connectivity index (χ4n) is 2.30. The number of pyridine rings is 1. The van der Waals surface area contributed by atoms with Gasteiger partial charge in [-0.15, -0.1) is 0 Å². The number of aryl methyl sites for hydroxylation is 1. The molecule has 114 valence electrons. The average molecular weight is 287 g/mol. The largest absolute Gasteiger partial charge is 0.468 e. The second-order valence-electron chi connectivity index (χ2n) is 5.54. The average Bonchev–Trinajstić information content (AvgIpc) is 2.86. The van der Waals surface area contributed by atoms with Crippen LogP contribution in [0.25, 0.3) is 0 Å². The van der Waals surface area contributed by atoms with Crippen LogP contribution in [0.15, 0.2) is 34.9 Å². The molecule has 0 aromatic carbocycles. The van der Waals surface area contributed by atoms with Gasteiger partial charge in [0.2, 0.25) is 0 Å². The topological polar surface area (TPSA) is 41.3 Å². The molecule has 0 aliphatic heterocycles. The third-order valence-electron chi connectivity index (χ3n) is 3.27. The molecule has 0 aliphatic carbocycles. The molecule has 0 aliphatic rings. The van der Waals surface area contributed by atoms with Crippen molar-refractivity contribution in [2.45, 2.75) is 39.9 Å². The SMILES string of the molecule is CCCNCc1coc(CN(C)Cc2cccc(C)n2)c1. The summed E-state index contributed by atoms with van der Waals surface area (Å²) in [5.74, 6) is 0.999. The molecule has 21 heavy (non-hydrogen) atoms. The van der Waals surface area contributed by atoms with Gasteiger partial charge in [-0.2, -0.15) is 0 Å². The molecule has 0 unspecified atom stereocenters. The van der Waals surface area contributed by atoms with Crippen LogP contribution < -0.4 is 5.32 Å². The van der Waals surface area contributed by atoms with Crippen molar-refractivity contribution in [1.82, 2.24) is 15.2 Å². The van der Waals surface area contributed by atoms with E-state index in [9.17, 15) is 0 Å². The quantitative estimate of drug-likeness (QED) is 0.757. The lowest BCUT2D eigenvalue weighted by atomic mass is 10.2. The zero-order valence-corrected chi connectivity index (χ0v) is 13.2. The van der Waals surface area contributed by atoms with Crippen LogP contribution in [0.2, 0.25) is 0 Å². The molecule has 4 heteroatoms. The van der Waals surface area contributed by atoms with Crippen LogP contribution in [-0.2, 0) is 19.6 Å². The fraction of sp³-hybridized carbons (Fsp3) is 0.471. The Kier molecular flexibility index (Phi) is 5.96. The Labute approximate surface area is 127 Å². The lowest BCUT2D eigenvalue weighted by Crippen LogP contribution is -2.17. The minimum absolute atomic E-state index is 0.795. The highest BCUT2D eigenvalue weighted by atomic mass is 16.3. The molecular weight excluding hydrogens is 262 g/mol. The van der Waals surface area contributed by atoms with Gasteiger partial charge >= 0.3 is 0 Å². The van der Waals surface area contributed by atoms with Gasteiger partial charge in [0.1, 0.15) is 5.76 Å². The van der Waals surface area contributed by atoms with Crippen molar-refractivity contribution >= 4 is 0 Å². The van der Waals surface area contributed by atoms with E-state index in [-0.39, 0.29) is 0 Å². The Balaban J connectivity index is 1.83. The van der Waals surface area contributed by atoms with Crippen LogP contribution in [0.1, 0.15) is 36.1 Å². The molecule has 2 rings (SSSR count). The Bertz CT molecular complexity index is 550. The third-order valence-corrected chi connectivity index (χ3v) is 3.27. The standard InChI is InChI=1S/C17H25N3O/c1-4-8-18-10-15-9-17(21-13-15)12-20(3)11-16-7-5-6-14(2)19-16/h5-7,9,13,18H,4,8,10-12H2,1-3H3. The summed E-state index contributed by atoms with van der Waals surface area (Å²) in [4.78, 5) is 6.74. The van der Waals surface area contributed by atoms with Crippen molar-refractivity contribution < 1.29 is 4.42 Å². The third kappa shape index (κ3) is 5.33. The van der Waals surface area contributed by atoms with Crippen molar-refractivity contribution in [3.8, 4) is 0 Å². The van der Waals surface area contributed by atoms with Gasteiger partial charge in [0, 0.05) is 24.3 Å². The molecule has 1 N–H and O–H groups in total. The van der Waals surface area contributed by atoms with Gasteiger partial charge in [-0.1, -0.05) is 13.0 Å². The highest BCUT2D eigenvalue weighted by Gasteiger charge is 2.07. The van der Waals surface area contributed by atoms with Crippen LogP contribution in [0.3, 0.4) is 0 Å². The van der Waals surface area contributed by atoms with E-state index in [1.807, 2.05) is 19.3 Å². The van der Waals surface area contributed by atoms with E-state index in [0.29, 0.717) is 0 Å². The first-order valence-corrected chi connectivity index (χ1v) is 7.55. The molecule has 0 saturated carbocycles. The maximum absolute atomic E-state index is 5.63. The van der Waals surface area contributed by atoms with Crippen LogP contribution in [0.4, 0.5) is 0 Å². The Morgan fingerprint density at radius 3 is 2.90 bits per heavy atom. The Hall–Kier alpha value is -1.65. The van der Waals surface area contributed by atoms with Gasteiger partial charge in [-0.05, 0) is 45.1 Å². The summed E-state index contributed by atoms with van der Waals surface area (Å²) in [6.45, 7) is 7.73. The van der Waals surface area contributed by atoms with Crippen LogP contribution in [0.5, 0.6) is 0 Å². The zero-order valence-electron chi connectivity index (χ0n) is 13.2. The predicted octanol–water partition coefficient (Wildman–Crippen LogP) is 3.11.